The summed E-state index contributed by atoms with van der Waals surface area (Å²) in [7, 11) is 0. The molecule has 0 saturated carbocycles. The molecule has 0 N–H and O–H groups in total. The predicted molar refractivity (Wildman–Crippen MR) is 70.9 cm³/mol. The number of hydrogen-bond acceptors (Lipinski definition) is 4. The van der Waals surface area contributed by atoms with Crippen LogP contribution in [0.15, 0.2) is 36.1 Å². The molecule has 0 saturated heterocycles. The van der Waals surface area contributed by atoms with E-state index in [4.69, 9.17) is 0 Å². The predicted octanol–water partition coefficient (Wildman–Crippen LogP) is 3.05. The first-order valence-electron chi connectivity index (χ1n) is 5.70. The molecule has 0 unspecified atom stereocenters. The molecule has 4 nitrogen and oxygen atoms in total. The van der Waals surface area contributed by atoms with Gasteiger partial charge < -0.3 is 0 Å². The van der Waals surface area contributed by atoms with Crippen molar-refractivity contribution in [2.45, 2.75) is 13.3 Å². The number of Topliss-reactive ketones (excluding diaryl/α,β-unsaturated/α-hetero) is 1. The van der Waals surface area contributed by atoms with Gasteiger partial charge >= 0.3 is 0 Å². The Hall–Kier alpha value is -2.01. The molecule has 0 aliphatic carbocycles. The Kier molecular flexibility index (Phi) is 2.68. The largest absolute Gasteiger partial charge is 0.294 e. The zero-order chi connectivity index (χ0) is 12.5. The van der Waals surface area contributed by atoms with Crippen LogP contribution in [0.2, 0.25) is 0 Å². The van der Waals surface area contributed by atoms with Crippen molar-refractivity contribution in [1.29, 1.82) is 0 Å². The van der Waals surface area contributed by atoms with Crippen LogP contribution in [-0.4, -0.2) is 20.4 Å². The Labute approximate surface area is 108 Å². The minimum Gasteiger partial charge on any atom is -0.294 e. The van der Waals surface area contributed by atoms with Gasteiger partial charge in [-0.2, -0.15) is 5.10 Å². The van der Waals surface area contributed by atoms with Gasteiger partial charge in [0.15, 0.2) is 5.78 Å². The minimum absolute atomic E-state index is 0.118. The number of thiazole rings is 1. The normalized spacial score (nSPS) is 10.9. The van der Waals surface area contributed by atoms with Gasteiger partial charge in [0.05, 0.1) is 17.3 Å². The molecule has 0 aliphatic heterocycles. The SMILES string of the molecule is CCC(=O)c1cnn2cc(-c3nccs3)ccc12. The maximum absolute atomic E-state index is 11.7. The topological polar surface area (TPSA) is 47.3 Å². The molecule has 0 bridgehead atoms. The van der Waals surface area contributed by atoms with Crippen LogP contribution in [0, 0.1) is 0 Å². The average molecular weight is 257 g/mol. The van der Waals surface area contributed by atoms with Crippen molar-refractivity contribution in [1.82, 2.24) is 14.6 Å². The van der Waals surface area contributed by atoms with Crippen molar-refractivity contribution in [3.63, 3.8) is 0 Å². The highest BCUT2D eigenvalue weighted by Gasteiger charge is 2.11. The van der Waals surface area contributed by atoms with Crippen molar-refractivity contribution in [3.8, 4) is 10.6 Å². The van der Waals surface area contributed by atoms with Crippen molar-refractivity contribution in [3.05, 3.63) is 41.7 Å². The first-order valence-corrected chi connectivity index (χ1v) is 6.58. The third-order valence-electron chi connectivity index (χ3n) is 2.82. The zero-order valence-electron chi connectivity index (χ0n) is 9.83. The summed E-state index contributed by atoms with van der Waals surface area (Å²) in [6.07, 6.45) is 5.81. The maximum atomic E-state index is 11.7. The molecule has 3 aromatic rings. The van der Waals surface area contributed by atoms with E-state index in [1.807, 2.05) is 30.6 Å². The van der Waals surface area contributed by atoms with Gasteiger partial charge in [-0.15, -0.1) is 11.3 Å². The van der Waals surface area contributed by atoms with Gasteiger partial charge in [0, 0.05) is 29.8 Å². The monoisotopic (exact) mass is 257 g/mol. The number of aromatic nitrogens is 3. The number of carbonyl (C=O) groups is 1. The lowest BCUT2D eigenvalue weighted by atomic mass is 10.1. The Morgan fingerprint density at radius 3 is 3.06 bits per heavy atom. The van der Waals surface area contributed by atoms with Crippen molar-refractivity contribution in [2.75, 3.05) is 0 Å². The van der Waals surface area contributed by atoms with Crippen LogP contribution < -0.4 is 0 Å². The van der Waals surface area contributed by atoms with E-state index >= 15 is 0 Å². The van der Waals surface area contributed by atoms with E-state index in [0.717, 1.165) is 16.1 Å². The van der Waals surface area contributed by atoms with Crippen LogP contribution in [-0.2, 0) is 0 Å². The number of carbonyl (C=O) groups excluding carboxylic acids is 1. The van der Waals surface area contributed by atoms with Gasteiger partial charge in [-0.1, -0.05) is 6.92 Å². The van der Waals surface area contributed by atoms with Gasteiger partial charge in [0.25, 0.3) is 0 Å². The molecular formula is C13H11N3OS. The summed E-state index contributed by atoms with van der Waals surface area (Å²) in [5.41, 5.74) is 2.54. The Morgan fingerprint density at radius 1 is 1.44 bits per heavy atom. The van der Waals surface area contributed by atoms with Crippen LogP contribution in [0.3, 0.4) is 0 Å². The number of fused-ring (bicyclic) bond motifs is 1. The van der Waals surface area contributed by atoms with Crippen LogP contribution in [0.5, 0.6) is 0 Å². The van der Waals surface area contributed by atoms with Crippen LogP contribution in [0.4, 0.5) is 0 Å². The summed E-state index contributed by atoms with van der Waals surface area (Å²) in [6.45, 7) is 1.86. The average Bonchev–Trinajstić information content (AvgIpc) is 3.06. The maximum Gasteiger partial charge on any atom is 0.166 e. The molecule has 0 atom stereocenters. The van der Waals surface area contributed by atoms with E-state index in [-0.39, 0.29) is 5.78 Å². The Morgan fingerprint density at radius 2 is 2.33 bits per heavy atom. The highest BCUT2D eigenvalue weighted by Crippen LogP contribution is 2.23. The van der Waals surface area contributed by atoms with E-state index in [1.54, 1.807) is 28.2 Å². The first kappa shape index (κ1) is 11.1. The van der Waals surface area contributed by atoms with Crippen LogP contribution in [0.25, 0.3) is 16.1 Å². The Balaban J connectivity index is 2.13. The molecule has 0 aromatic carbocycles. The van der Waals surface area contributed by atoms with E-state index in [1.165, 1.54) is 0 Å². The molecule has 0 spiro atoms. The molecule has 5 heteroatoms. The van der Waals surface area contributed by atoms with E-state index in [2.05, 4.69) is 10.1 Å². The van der Waals surface area contributed by atoms with Gasteiger partial charge in [0.2, 0.25) is 0 Å². The fraction of sp³-hybridized carbons (Fsp3) is 0.154. The number of hydrogen-bond donors (Lipinski definition) is 0. The number of ketones is 1. The molecule has 90 valence electrons. The van der Waals surface area contributed by atoms with E-state index in [0.29, 0.717) is 12.0 Å². The quantitative estimate of drug-likeness (QED) is 0.677. The number of nitrogens with zero attached hydrogens (tertiary/aromatic N) is 3. The van der Waals surface area contributed by atoms with Crippen molar-refractivity contribution < 1.29 is 4.79 Å². The number of pyridine rings is 1. The van der Waals surface area contributed by atoms with Crippen LogP contribution >= 0.6 is 11.3 Å². The molecule has 3 heterocycles. The lowest BCUT2D eigenvalue weighted by molar-refractivity contribution is 0.0989. The van der Waals surface area contributed by atoms with Gasteiger partial charge in [-0.25, -0.2) is 9.50 Å². The zero-order valence-corrected chi connectivity index (χ0v) is 10.6. The lowest BCUT2D eigenvalue weighted by Gasteiger charge is -1.99. The standard InChI is InChI=1S/C13H11N3OS/c1-2-12(17)10-7-15-16-8-9(3-4-11(10)16)13-14-5-6-18-13/h3-8H,2H2,1H3. The first-order chi connectivity index (χ1) is 8.79. The fourth-order valence-corrected chi connectivity index (χ4v) is 2.51. The highest BCUT2D eigenvalue weighted by atomic mass is 32.1. The summed E-state index contributed by atoms with van der Waals surface area (Å²) < 4.78 is 1.74. The number of rotatable bonds is 3. The molecule has 0 radical (unpaired) electrons. The summed E-state index contributed by atoms with van der Waals surface area (Å²) >= 11 is 1.58. The van der Waals surface area contributed by atoms with E-state index in [9.17, 15) is 4.79 Å². The van der Waals surface area contributed by atoms with Gasteiger partial charge in [-0.3, -0.25) is 4.79 Å². The summed E-state index contributed by atoms with van der Waals surface area (Å²) in [6, 6.07) is 3.90. The molecule has 3 aromatic heterocycles. The molecule has 0 amide bonds. The smallest absolute Gasteiger partial charge is 0.166 e. The third-order valence-corrected chi connectivity index (χ3v) is 3.64. The Bertz CT molecular complexity index is 700. The molecular weight excluding hydrogens is 246 g/mol. The molecule has 0 fully saturated rings. The molecule has 0 aliphatic rings. The molecule has 3 rings (SSSR count). The summed E-state index contributed by atoms with van der Waals surface area (Å²) in [5, 5.41) is 7.12. The van der Waals surface area contributed by atoms with Gasteiger partial charge in [0.1, 0.15) is 5.01 Å². The summed E-state index contributed by atoms with van der Waals surface area (Å²) in [5.74, 6) is 0.118. The van der Waals surface area contributed by atoms with Crippen molar-refractivity contribution >= 4 is 22.6 Å². The third kappa shape index (κ3) is 1.73. The van der Waals surface area contributed by atoms with Crippen LogP contribution in [0.1, 0.15) is 23.7 Å². The van der Waals surface area contributed by atoms with Gasteiger partial charge in [-0.05, 0) is 12.1 Å². The second-order valence-electron chi connectivity index (χ2n) is 3.92. The second-order valence-corrected chi connectivity index (χ2v) is 4.81. The summed E-state index contributed by atoms with van der Waals surface area (Å²) in [4.78, 5) is 16.0. The van der Waals surface area contributed by atoms with Crippen molar-refractivity contribution in [2.24, 2.45) is 0 Å². The lowest BCUT2D eigenvalue weighted by Crippen LogP contribution is -1.95. The second kappa shape index (κ2) is 4.34. The highest BCUT2D eigenvalue weighted by molar-refractivity contribution is 7.13. The minimum atomic E-state index is 0.118. The van der Waals surface area contributed by atoms with E-state index < -0.39 is 0 Å². The fourth-order valence-electron chi connectivity index (χ4n) is 1.88. The molecule has 18 heavy (non-hydrogen) atoms.